The van der Waals surface area contributed by atoms with Crippen molar-refractivity contribution in [3.63, 3.8) is 0 Å². The minimum Gasteiger partial charge on any atom is -0.320 e. The second-order valence-corrected chi connectivity index (χ2v) is 4.41. The van der Waals surface area contributed by atoms with Crippen LogP contribution in [0.3, 0.4) is 0 Å². The van der Waals surface area contributed by atoms with Crippen molar-refractivity contribution in [2.24, 2.45) is 17.6 Å². The number of hydrogen-bond acceptors (Lipinski definition) is 3. The lowest BCUT2D eigenvalue weighted by molar-refractivity contribution is -0.136. The smallest absolute Gasteiger partial charge is 0.260 e. The first kappa shape index (κ1) is 13.4. The molecule has 0 aliphatic heterocycles. The molecule has 84 valence electrons. The summed E-state index contributed by atoms with van der Waals surface area (Å²) in [6.45, 7) is 8.60. The number of nitrogens with two attached hydrogens (primary N) is 1. The van der Waals surface area contributed by atoms with Crippen LogP contribution in [0.5, 0.6) is 0 Å². The molecule has 0 fully saturated rings. The van der Waals surface area contributed by atoms with Crippen molar-refractivity contribution < 1.29 is 9.63 Å². The van der Waals surface area contributed by atoms with E-state index in [1.807, 2.05) is 27.7 Å². The third-order valence-corrected chi connectivity index (χ3v) is 1.65. The SMILES string of the molecule is CC(C)CONC(=O)[C@@H](N)CC(C)C. The van der Waals surface area contributed by atoms with Crippen LogP contribution in [0, 0.1) is 11.8 Å². The van der Waals surface area contributed by atoms with E-state index in [0.29, 0.717) is 24.9 Å². The molecule has 0 saturated carbocycles. The fourth-order valence-corrected chi connectivity index (χ4v) is 0.970. The topological polar surface area (TPSA) is 64.3 Å². The van der Waals surface area contributed by atoms with Gasteiger partial charge in [-0.15, -0.1) is 0 Å². The van der Waals surface area contributed by atoms with E-state index in [4.69, 9.17) is 10.6 Å². The van der Waals surface area contributed by atoms with Crippen LogP contribution in [0.15, 0.2) is 0 Å². The molecular weight excluding hydrogens is 180 g/mol. The van der Waals surface area contributed by atoms with E-state index in [0.717, 1.165) is 0 Å². The molecule has 0 bridgehead atoms. The van der Waals surface area contributed by atoms with Crippen LogP contribution >= 0.6 is 0 Å². The lowest BCUT2D eigenvalue weighted by Crippen LogP contribution is -2.41. The maximum Gasteiger partial charge on any atom is 0.260 e. The van der Waals surface area contributed by atoms with E-state index < -0.39 is 6.04 Å². The van der Waals surface area contributed by atoms with E-state index in [2.05, 4.69) is 5.48 Å². The molecule has 0 aromatic heterocycles. The number of rotatable bonds is 6. The molecule has 0 aromatic rings. The van der Waals surface area contributed by atoms with E-state index >= 15 is 0 Å². The molecule has 0 spiro atoms. The predicted octanol–water partition coefficient (Wildman–Crippen LogP) is 1.06. The van der Waals surface area contributed by atoms with Crippen LogP contribution in [0.25, 0.3) is 0 Å². The summed E-state index contributed by atoms with van der Waals surface area (Å²) in [5, 5.41) is 0. The van der Waals surface area contributed by atoms with Crippen molar-refractivity contribution in [1.29, 1.82) is 0 Å². The van der Waals surface area contributed by atoms with Crippen LogP contribution in [-0.4, -0.2) is 18.6 Å². The Hall–Kier alpha value is -0.610. The molecule has 0 unspecified atom stereocenters. The number of carbonyl (C=O) groups excluding carboxylic acids is 1. The molecule has 1 amide bonds. The summed E-state index contributed by atoms with van der Waals surface area (Å²) in [5.74, 6) is 0.580. The van der Waals surface area contributed by atoms with Gasteiger partial charge in [0.2, 0.25) is 0 Å². The summed E-state index contributed by atoms with van der Waals surface area (Å²) in [6, 6.07) is -0.470. The third-order valence-electron chi connectivity index (χ3n) is 1.65. The van der Waals surface area contributed by atoms with Crippen molar-refractivity contribution >= 4 is 5.91 Å². The number of hydrogen-bond donors (Lipinski definition) is 2. The molecule has 1 atom stereocenters. The zero-order valence-corrected chi connectivity index (χ0v) is 9.54. The Bertz CT molecular complexity index is 170. The summed E-state index contributed by atoms with van der Waals surface area (Å²) in [7, 11) is 0. The second kappa shape index (κ2) is 6.79. The molecule has 0 radical (unpaired) electrons. The average Bonchev–Trinajstić information content (AvgIpc) is 2.01. The van der Waals surface area contributed by atoms with Gasteiger partial charge in [-0.3, -0.25) is 9.63 Å². The van der Waals surface area contributed by atoms with Gasteiger partial charge in [-0.2, -0.15) is 0 Å². The predicted molar refractivity (Wildman–Crippen MR) is 56.4 cm³/mol. The summed E-state index contributed by atoms with van der Waals surface area (Å²) in [5.41, 5.74) is 8.00. The maximum atomic E-state index is 11.3. The van der Waals surface area contributed by atoms with Gasteiger partial charge in [-0.05, 0) is 18.3 Å². The van der Waals surface area contributed by atoms with Gasteiger partial charge in [0.05, 0.1) is 12.6 Å². The van der Waals surface area contributed by atoms with Crippen LogP contribution in [-0.2, 0) is 9.63 Å². The summed E-state index contributed by atoms with van der Waals surface area (Å²) in [6.07, 6.45) is 0.677. The Morgan fingerprint density at radius 1 is 1.29 bits per heavy atom. The van der Waals surface area contributed by atoms with Crippen molar-refractivity contribution in [2.75, 3.05) is 6.61 Å². The molecule has 0 aromatic carbocycles. The Kier molecular flexibility index (Phi) is 6.49. The van der Waals surface area contributed by atoms with Crippen molar-refractivity contribution in [3.8, 4) is 0 Å². The van der Waals surface area contributed by atoms with Crippen molar-refractivity contribution in [2.45, 2.75) is 40.2 Å². The first-order valence-electron chi connectivity index (χ1n) is 5.10. The van der Waals surface area contributed by atoms with Crippen LogP contribution < -0.4 is 11.2 Å². The molecule has 0 aliphatic carbocycles. The average molecular weight is 202 g/mol. The first-order chi connectivity index (χ1) is 6.43. The third kappa shape index (κ3) is 6.86. The Balaban J connectivity index is 3.62. The summed E-state index contributed by atoms with van der Waals surface area (Å²) < 4.78 is 0. The lowest BCUT2D eigenvalue weighted by Gasteiger charge is -2.14. The normalized spacial score (nSPS) is 13.4. The van der Waals surface area contributed by atoms with Crippen LogP contribution in [0.2, 0.25) is 0 Å². The highest BCUT2D eigenvalue weighted by Gasteiger charge is 2.14. The van der Waals surface area contributed by atoms with Gasteiger partial charge in [0.25, 0.3) is 5.91 Å². The Morgan fingerprint density at radius 3 is 2.29 bits per heavy atom. The largest absolute Gasteiger partial charge is 0.320 e. The Labute approximate surface area is 86.1 Å². The summed E-state index contributed by atoms with van der Waals surface area (Å²) in [4.78, 5) is 16.3. The lowest BCUT2D eigenvalue weighted by atomic mass is 10.0. The fourth-order valence-electron chi connectivity index (χ4n) is 0.970. The van der Waals surface area contributed by atoms with Crippen molar-refractivity contribution in [3.05, 3.63) is 0 Å². The summed E-state index contributed by atoms with van der Waals surface area (Å²) >= 11 is 0. The fraction of sp³-hybridized carbons (Fsp3) is 0.900. The number of hydroxylamine groups is 1. The van der Waals surface area contributed by atoms with Gasteiger partial charge in [0, 0.05) is 0 Å². The number of carbonyl (C=O) groups is 1. The van der Waals surface area contributed by atoms with E-state index in [1.54, 1.807) is 0 Å². The molecule has 3 N–H and O–H groups in total. The molecule has 4 nitrogen and oxygen atoms in total. The van der Waals surface area contributed by atoms with Crippen LogP contribution in [0.4, 0.5) is 0 Å². The van der Waals surface area contributed by atoms with E-state index in [1.165, 1.54) is 0 Å². The standard InChI is InChI=1S/C10H22N2O2/c1-7(2)5-9(11)10(13)12-14-6-8(3)4/h7-9H,5-6,11H2,1-4H3,(H,12,13)/t9-/m0/s1. The molecule has 0 saturated heterocycles. The highest BCUT2D eigenvalue weighted by atomic mass is 16.7. The van der Waals surface area contributed by atoms with Gasteiger partial charge in [-0.1, -0.05) is 27.7 Å². The first-order valence-corrected chi connectivity index (χ1v) is 5.10. The molecule has 4 heteroatoms. The molecule has 0 heterocycles. The molecule has 14 heavy (non-hydrogen) atoms. The molecule has 0 rings (SSSR count). The van der Waals surface area contributed by atoms with Gasteiger partial charge < -0.3 is 5.73 Å². The van der Waals surface area contributed by atoms with Gasteiger partial charge in [0.1, 0.15) is 0 Å². The maximum absolute atomic E-state index is 11.3. The molecular formula is C10H22N2O2. The van der Waals surface area contributed by atoms with Gasteiger partial charge in [-0.25, -0.2) is 5.48 Å². The zero-order chi connectivity index (χ0) is 11.1. The number of amides is 1. The molecule has 0 aliphatic rings. The van der Waals surface area contributed by atoms with Gasteiger partial charge in [0.15, 0.2) is 0 Å². The monoisotopic (exact) mass is 202 g/mol. The Morgan fingerprint density at radius 2 is 1.86 bits per heavy atom. The number of nitrogens with one attached hydrogen (secondary N) is 1. The van der Waals surface area contributed by atoms with Crippen LogP contribution in [0.1, 0.15) is 34.1 Å². The van der Waals surface area contributed by atoms with E-state index in [9.17, 15) is 4.79 Å². The van der Waals surface area contributed by atoms with Crippen molar-refractivity contribution in [1.82, 2.24) is 5.48 Å². The zero-order valence-electron chi connectivity index (χ0n) is 9.54. The van der Waals surface area contributed by atoms with Gasteiger partial charge >= 0.3 is 0 Å². The van der Waals surface area contributed by atoms with E-state index in [-0.39, 0.29) is 5.91 Å². The minimum atomic E-state index is -0.470. The quantitative estimate of drug-likeness (QED) is 0.633. The highest BCUT2D eigenvalue weighted by molar-refractivity contribution is 5.80. The minimum absolute atomic E-state index is 0.237. The highest BCUT2D eigenvalue weighted by Crippen LogP contribution is 2.02. The second-order valence-electron chi connectivity index (χ2n) is 4.41.